The van der Waals surface area contributed by atoms with E-state index < -0.39 is 6.10 Å². The van der Waals surface area contributed by atoms with Crippen LogP contribution in [0.5, 0.6) is 0 Å². The quantitative estimate of drug-likeness (QED) is 0.648. The molecule has 0 radical (unpaired) electrons. The summed E-state index contributed by atoms with van der Waals surface area (Å²) in [6.07, 6.45) is 2.45. The summed E-state index contributed by atoms with van der Waals surface area (Å²) in [5.74, 6) is 0. The molecule has 1 atom stereocenters. The van der Waals surface area contributed by atoms with Crippen molar-refractivity contribution in [2.75, 3.05) is 0 Å². The third kappa shape index (κ3) is 1.56. The van der Waals surface area contributed by atoms with Crippen LogP contribution < -0.4 is 0 Å². The highest BCUT2D eigenvalue weighted by molar-refractivity contribution is 6.29. The lowest BCUT2D eigenvalue weighted by molar-refractivity contribution is 0.151. The van der Waals surface area contributed by atoms with Gasteiger partial charge in [-0.3, -0.25) is 0 Å². The van der Waals surface area contributed by atoms with E-state index in [0.717, 1.165) is 30.5 Å². The molecule has 0 saturated carbocycles. The van der Waals surface area contributed by atoms with Gasteiger partial charge in [-0.05, 0) is 43.4 Å². The van der Waals surface area contributed by atoms with Gasteiger partial charge in [0.05, 0.1) is 11.8 Å². The Morgan fingerprint density at radius 2 is 2.38 bits per heavy atom. The Bertz CT molecular complexity index is 338. The Labute approximate surface area is 82.6 Å². The van der Waals surface area contributed by atoms with E-state index in [0.29, 0.717) is 5.15 Å². The van der Waals surface area contributed by atoms with Gasteiger partial charge in [0.25, 0.3) is 0 Å². The highest BCUT2D eigenvalue weighted by Gasteiger charge is 2.21. The normalized spacial score (nSPS) is 21.3. The molecule has 0 spiro atoms. The van der Waals surface area contributed by atoms with Crippen molar-refractivity contribution in [1.82, 2.24) is 4.98 Å². The van der Waals surface area contributed by atoms with Crippen LogP contribution in [0, 0.1) is 6.92 Å². The fraction of sp³-hybridized carbons (Fsp3) is 0.500. The average molecular weight is 198 g/mol. The number of aryl methyl sites for hydroxylation is 1. The molecule has 3 heteroatoms. The minimum absolute atomic E-state index is 0.416. The van der Waals surface area contributed by atoms with E-state index in [1.807, 2.05) is 13.0 Å². The van der Waals surface area contributed by atoms with Gasteiger partial charge in [0, 0.05) is 0 Å². The SMILES string of the molecule is Cc1cc(Cl)nc2c1CCCC2O. The van der Waals surface area contributed by atoms with Crippen molar-refractivity contribution in [2.45, 2.75) is 32.3 Å². The molecule has 1 aromatic rings. The lowest BCUT2D eigenvalue weighted by Gasteiger charge is -2.21. The van der Waals surface area contributed by atoms with Crippen molar-refractivity contribution in [3.63, 3.8) is 0 Å². The maximum atomic E-state index is 9.69. The summed E-state index contributed by atoms with van der Waals surface area (Å²) >= 11 is 5.83. The summed E-state index contributed by atoms with van der Waals surface area (Å²) in [6.45, 7) is 2.02. The Balaban J connectivity index is 2.56. The molecule has 0 bridgehead atoms. The lowest BCUT2D eigenvalue weighted by atomic mass is 9.91. The van der Waals surface area contributed by atoms with Crippen LogP contribution >= 0.6 is 11.6 Å². The summed E-state index contributed by atoms with van der Waals surface area (Å²) in [5.41, 5.74) is 3.12. The highest BCUT2D eigenvalue weighted by Crippen LogP contribution is 2.31. The van der Waals surface area contributed by atoms with E-state index in [1.165, 1.54) is 5.56 Å². The molecular formula is C10H12ClNO. The molecule has 1 N–H and O–H groups in total. The summed E-state index contributed by atoms with van der Waals surface area (Å²) in [6, 6.07) is 1.86. The molecule has 0 aliphatic heterocycles. The van der Waals surface area contributed by atoms with E-state index in [1.54, 1.807) is 0 Å². The van der Waals surface area contributed by atoms with Crippen LogP contribution in [0.25, 0.3) is 0 Å². The lowest BCUT2D eigenvalue weighted by Crippen LogP contribution is -2.12. The van der Waals surface area contributed by atoms with Crippen LogP contribution in [0.4, 0.5) is 0 Å². The Morgan fingerprint density at radius 3 is 3.15 bits per heavy atom. The van der Waals surface area contributed by atoms with Crippen LogP contribution in [-0.2, 0) is 6.42 Å². The summed E-state index contributed by atoms with van der Waals surface area (Å²) in [4.78, 5) is 4.17. The zero-order chi connectivity index (χ0) is 9.42. The fourth-order valence-electron chi connectivity index (χ4n) is 1.89. The van der Waals surface area contributed by atoms with Crippen molar-refractivity contribution in [1.29, 1.82) is 0 Å². The van der Waals surface area contributed by atoms with Crippen molar-refractivity contribution in [3.05, 3.63) is 28.0 Å². The van der Waals surface area contributed by atoms with Crippen LogP contribution in [0.1, 0.15) is 35.8 Å². The molecule has 0 aromatic carbocycles. The first kappa shape index (κ1) is 8.97. The molecule has 1 heterocycles. The minimum atomic E-state index is -0.416. The summed E-state index contributed by atoms with van der Waals surface area (Å²) in [5, 5.41) is 10.2. The number of hydrogen-bond acceptors (Lipinski definition) is 2. The number of fused-ring (bicyclic) bond motifs is 1. The Hall–Kier alpha value is -0.600. The Morgan fingerprint density at radius 1 is 1.62 bits per heavy atom. The van der Waals surface area contributed by atoms with Crippen LogP contribution in [0.15, 0.2) is 6.07 Å². The standard InChI is InChI=1S/C10H12ClNO/c1-6-5-9(11)12-10-7(6)3-2-4-8(10)13/h5,8,13H,2-4H2,1H3. The number of aromatic nitrogens is 1. The predicted molar refractivity (Wildman–Crippen MR) is 51.9 cm³/mol. The van der Waals surface area contributed by atoms with Gasteiger partial charge in [0.2, 0.25) is 0 Å². The van der Waals surface area contributed by atoms with Gasteiger partial charge in [-0.15, -0.1) is 0 Å². The molecule has 13 heavy (non-hydrogen) atoms. The van der Waals surface area contributed by atoms with Gasteiger partial charge in [0.15, 0.2) is 0 Å². The van der Waals surface area contributed by atoms with E-state index in [9.17, 15) is 5.11 Å². The number of pyridine rings is 1. The van der Waals surface area contributed by atoms with Gasteiger partial charge < -0.3 is 5.11 Å². The number of aliphatic hydroxyl groups excluding tert-OH is 1. The van der Waals surface area contributed by atoms with Gasteiger partial charge in [0.1, 0.15) is 5.15 Å². The topological polar surface area (TPSA) is 33.1 Å². The first-order valence-corrected chi connectivity index (χ1v) is 4.90. The molecule has 70 valence electrons. The zero-order valence-corrected chi connectivity index (χ0v) is 8.30. The monoisotopic (exact) mass is 197 g/mol. The van der Waals surface area contributed by atoms with Crippen LogP contribution in [0.3, 0.4) is 0 Å². The second kappa shape index (κ2) is 3.28. The molecular weight excluding hydrogens is 186 g/mol. The van der Waals surface area contributed by atoms with Gasteiger partial charge in [-0.25, -0.2) is 4.98 Å². The molecule has 0 amide bonds. The van der Waals surface area contributed by atoms with Crippen LogP contribution in [0.2, 0.25) is 5.15 Å². The van der Waals surface area contributed by atoms with Crippen molar-refractivity contribution in [2.24, 2.45) is 0 Å². The molecule has 0 saturated heterocycles. The largest absolute Gasteiger partial charge is 0.387 e. The first-order valence-electron chi connectivity index (χ1n) is 4.52. The second-order valence-electron chi connectivity index (χ2n) is 3.53. The molecule has 1 aliphatic carbocycles. The number of aliphatic hydroxyl groups is 1. The predicted octanol–water partition coefficient (Wildman–Crippen LogP) is 2.41. The van der Waals surface area contributed by atoms with E-state index in [2.05, 4.69) is 4.98 Å². The van der Waals surface area contributed by atoms with E-state index in [-0.39, 0.29) is 0 Å². The number of halogens is 1. The van der Waals surface area contributed by atoms with Crippen LogP contribution in [-0.4, -0.2) is 10.1 Å². The van der Waals surface area contributed by atoms with Gasteiger partial charge in [-0.2, -0.15) is 0 Å². The molecule has 0 fully saturated rings. The fourth-order valence-corrected chi connectivity index (χ4v) is 2.15. The second-order valence-corrected chi connectivity index (χ2v) is 3.92. The molecule has 1 unspecified atom stereocenters. The van der Waals surface area contributed by atoms with Gasteiger partial charge >= 0.3 is 0 Å². The Kier molecular flexibility index (Phi) is 2.26. The number of hydrogen-bond donors (Lipinski definition) is 1. The zero-order valence-electron chi connectivity index (χ0n) is 7.55. The number of rotatable bonds is 0. The van der Waals surface area contributed by atoms with E-state index >= 15 is 0 Å². The summed E-state index contributed by atoms with van der Waals surface area (Å²) in [7, 11) is 0. The average Bonchev–Trinajstić information content (AvgIpc) is 2.07. The van der Waals surface area contributed by atoms with Crippen molar-refractivity contribution in [3.8, 4) is 0 Å². The first-order chi connectivity index (χ1) is 6.18. The number of nitrogens with zero attached hydrogens (tertiary/aromatic N) is 1. The maximum Gasteiger partial charge on any atom is 0.129 e. The third-order valence-electron chi connectivity index (χ3n) is 2.57. The van der Waals surface area contributed by atoms with Gasteiger partial charge in [-0.1, -0.05) is 11.6 Å². The smallest absolute Gasteiger partial charge is 0.129 e. The minimum Gasteiger partial charge on any atom is -0.387 e. The third-order valence-corrected chi connectivity index (χ3v) is 2.76. The van der Waals surface area contributed by atoms with Crippen molar-refractivity contribution < 1.29 is 5.11 Å². The molecule has 1 aromatic heterocycles. The van der Waals surface area contributed by atoms with E-state index in [4.69, 9.17) is 11.6 Å². The molecule has 2 nitrogen and oxygen atoms in total. The molecule has 2 rings (SSSR count). The maximum absolute atomic E-state index is 9.69. The summed E-state index contributed by atoms with van der Waals surface area (Å²) < 4.78 is 0. The molecule has 1 aliphatic rings. The highest BCUT2D eigenvalue weighted by atomic mass is 35.5. The van der Waals surface area contributed by atoms with Crippen molar-refractivity contribution >= 4 is 11.6 Å².